The van der Waals surface area contributed by atoms with Crippen molar-refractivity contribution in [1.29, 1.82) is 0 Å². The molecule has 5 nitrogen and oxygen atoms in total. The molecular formula is C26H18F5NO4S2. The van der Waals surface area contributed by atoms with Gasteiger partial charge in [-0.25, -0.2) is 13.0 Å². The molecule has 1 heterocycles. The number of carbonyl (C=O) groups is 1. The molecule has 0 aliphatic carbocycles. The van der Waals surface area contributed by atoms with Crippen LogP contribution in [0.1, 0.15) is 22.2 Å². The Balaban J connectivity index is 1.57. The molecule has 12 heteroatoms. The lowest BCUT2D eigenvalue weighted by Crippen LogP contribution is -2.19. The quantitative estimate of drug-likeness (QED) is 0.170. The zero-order valence-electron chi connectivity index (χ0n) is 19.5. The lowest BCUT2D eigenvalue weighted by molar-refractivity contribution is -0.275. The van der Waals surface area contributed by atoms with Crippen LogP contribution >= 0.6 is 11.3 Å². The fraction of sp³-hybridized carbons (Fsp3) is 0.115. The molecule has 38 heavy (non-hydrogen) atoms. The van der Waals surface area contributed by atoms with E-state index < -0.39 is 46.1 Å². The first kappa shape index (κ1) is 27.3. The SMILES string of the molecule is CCOc1ccc(F)c(C(=O)c2ccc(-c3cccc(NS(=O)c4ccccc4OC(F)(F)F)c3)s2)c1F. The summed E-state index contributed by atoms with van der Waals surface area (Å²) in [6.45, 7) is 1.76. The van der Waals surface area contributed by atoms with Gasteiger partial charge in [-0.2, -0.15) is 0 Å². The third-order valence-electron chi connectivity index (χ3n) is 5.04. The average Bonchev–Trinajstić information content (AvgIpc) is 3.36. The Hall–Kier alpha value is -3.77. The van der Waals surface area contributed by atoms with Crippen molar-refractivity contribution in [2.24, 2.45) is 0 Å². The number of hydrogen-bond donors (Lipinski definition) is 1. The molecule has 4 aromatic rings. The van der Waals surface area contributed by atoms with Crippen molar-refractivity contribution in [3.63, 3.8) is 0 Å². The minimum atomic E-state index is -4.95. The average molecular weight is 568 g/mol. The minimum absolute atomic E-state index is 0.0756. The predicted octanol–water partition coefficient (Wildman–Crippen LogP) is 7.36. The van der Waals surface area contributed by atoms with Crippen LogP contribution in [0, 0.1) is 11.6 Å². The highest BCUT2D eigenvalue weighted by atomic mass is 32.2. The molecule has 1 atom stereocenters. The molecule has 1 N–H and O–H groups in total. The maximum Gasteiger partial charge on any atom is 0.573 e. The number of hydrogen-bond acceptors (Lipinski definition) is 5. The maximum atomic E-state index is 14.7. The van der Waals surface area contributed by atoms with Gasteiger partial charge < -0.3 is 14.2 Å². The van der Waals surface area contributed by atoms with E-state index in [1.165, 1.54) is 24.3 Å². The van der Waals surface area contributed by atoms with Crippen LogP contribution in [-0.2, 0) is 11.0 Å². The standard InChI is InChI=1S/C26H18F5NO4S2/c1-2-35-19-11-10-17(27)23(24(19)28)25(33)21-13-12-20(37-21)15-6-5-7-16(14-15)32-38(34)22-9-4-3-8-18(22)36-26(29,30)31/h3-14,32H,2H2,1H3. The van der Waals surface area contributed by atoms with Crippen molar-refractivity contribution in [1.82, 2.24) is 0 Å². The zero-order chi connectivity index (χ0) is 27.4. The molecule has 1 unspecified atom stereocenters. The summed E-state index contributed by atoms with van der Waals surface area (Å²) in [6, 6.07) is 16.6. The second-order valence-electron chi connectivity index (χ2n) is 7.61. The fourth-order valence-corrected chi connectivity index (χ4v) is 5.35. The number of carbonyl (C=O) groups excluding carboxylic acids is 1. The lowest BCUT2D eigenvalue weighted by Gasteiger charge is -2.13. The van der Waals surface area contributed by atoms with Gasteiger partial charge in [0.2, 0.25) is 5.78 Å². The first-order chi connectivity index (χ1) is 18.1. The van der Waals surface area contributed by atoms with Crippen LogP contribution in [0.2, 0.25) is 0 Å². The number of para-hydroxylation sites is 1. The van der Waals surface area contributed by atoms with E-state index in [9.17, 15) is 31.0 Å². The molecule has 0 radical (unpaired) electrons. The van der Waals surface area contributed by atoms with E-state index in [-0.39, 0.29) is 22.1 Å². The van der Waals surface area contributed by atoms with Gasteiger partial charge in [-0.05, 0) is 61.0 Å². The Kier molecular flexibility index (Phi) is 8.12. The second-order valence-corrected chi connectivity index (χ2v) is 9.87. The Bertz CT molecular complexity index is 1500. The molecule has 0 spiro atoms. The van der Waals surface area contributed by atoms with Crippen LogP contribution in [0.4, 0.5) is 27.6 Å². The number of alkyl halides is 3. The first-order valence-electron chi connectivity index (χ1n) is 11.0. The number of thiophene rings is 1. The van der Waals surface area contributed by atoms with Crippen LogP contribution in [0.25, 0.3) is 10.4 Å². The smallest absolute Gasteiger partial charge is 0.491 e. The van der Waals surface area contributed by atoms with Gasteiger partial charge in [0.25, 0.3) is 0 Å². The minimum Gasteiger partial charge on any atom is -0.491 e. The lowest BCUT2D eigenvalue weighted by atomic mass is 10.1. The molecule has 198 valence electrons. The molecule has 0 saturated heterocycles. The molecule has 3 aromatic carbocycles. The molecule has 0 aliphatic rings. The third-order valence-corrected chi connectivity index (χ3v) is 7.34. The van der Waals surface area contributed by atoms with E-state index in [2.05, 4.69) is 9.46 Å². The first-order valence-corrected chi connectivity index (χ1v) is 12.9. The van der Waals surface area contributed by atoms with Crippen LogP contribution in [0.5, 0.6) is 11.5 Å². The molecule has 0 bridgehead atoms. The molecule has 0 aliphatic heterocycles. The van der Waals surface area contributed by atoms with E-state index in [0.717, 1.165) is 29.5 Å². The normalized spacial score (nSPS) is 12.2. The highest BCUT2D eigenvalue weighted by Crippen LogP contribution is 2.34. The van der Waals surface area contributed by atoms with Gasteiger partial charge in [0, 0.05) is 10.6 Å². The van der Waals surface area contributed by atoms with Gasteiger partial charge in [0.05, 0.1) is 17.0 Å². The van der Waals surface area contributed by atoms with Crippen LogP contribution in [0.3, 0.4) is 0 Å². The maximum absolute atomic E-state index is 14.7. The van der Waals surface area contributed by atoms with E-state index in [0.29, 0.717) is 16.1 Å². The van der Waals surface area contributed by atoms with Crippen molar-refractivity contribution >= 4 is 33.8 Å². The number of benzene rings is 3. The summed E-state index contributed by atoms with van der Waals surface area (Å²) in [5.74, 6) is -3.79. The van der Waals surface area contributed by atoms with Gasteiger partial charge in [-0.1, -0.05) is 24.3 Å². The third kappa shape index (κ3) is 6.20. The van der Waals surface area contributed by atoms with E-state index in [1.807, 2.05) is 0 Å². The molecule has 0 saturated carbocycles. The number of rotatable bonds is 9. The number of ketones is 1. The van der Waals surface area contributed by atoms with Crippen molar-refractivity contribution in [3.8, 4) is 21.9 Å². The summed E-state index contributed by atoms with van der Waals surface area (Å²) in [6.07, 6.45) is -4.95. The van der Waals surface area contributed by atoms with E-state index in [4.69, 9.17) is 4.74 Å². The van der Waals surface area contributed by atoms with Crippen molar-refractivity contribution in [2.45, 2.75) is 18.2 Å². The monoisotopic (exact) mass is 567 g/mol. The molecule has 1 aromatic heterocycles. The van der Waals surface area contributed by atoms with Gasteiger partial charge in [0.15, 0.2) is 22.6 Å². The Labute approximate surface area is 220 Å². The van der Waals surface area contributed by atoms with Crippen molar-refractivity contribution in [2.75, 3.05) is 11.3 Å². The summed E-state index contributed by atoms with van der Waals surface area (Å²) >= 11 is 0.986. The summed E-state index contributed by atoms with van der Waals surface area (Å²) in [7, 11) is -2.10. The summed E-state index contributed by atoms with van der Waals surface area (Å²) in [5, 5.41) is 0. The Morgan fingerprint density at radius 2 is 1.74 bits per heavy atom. The number of halogens is 5. The largest absolute Gasteiger partial charge is 0.573 e. The summed E-state index contributed by atoms with van der Waals surface area (Å²) in [4.78, 5) is 13.3. The van der Waals surface area contributed by atoms with Gasteiger partial charge in [0.1, 0.15) is 16.5 Å². The molecular weight excluding hydrogens is 549 g/mol. The van der Waals surface area contributed by atoms with Gasteiger partial charge >= 0.3 is 6.36 Å². The Morgan fingerprint density at radius 3 is 2.47 bits per heavy atom. The summed E-state index contributed by atoms with van der Waals surface area (Å²) in [5.41, 5.74) is 0.153. The number of nitrogens with one attached hydrogen (secondary N) is 1. The van der Waals surface area contributed by atoms with E-state index in [1.54, 1.807) is 37.3 Å². The van der Waals surface area contributed by atoms with Crippen LogP contribution < -0.4 is 14.2 Å². The molecule has 0 fully saturated rings. The van der Waals surface area contributed by atoms with Crippen LogP contribution in [-0.4, -0.2) is 23.0 Å². The number of ether oxygens (including phenoxy) is 2. The second kappa shape index (κ2) is 11.3. The van der Waals surface area contributed by atoms with Crippen LogP contribution in [0.15, 0.2) is 77.7 Å². The predicted molar refractivity (Wildman–Crippen MR) is 134 cm³/mol. The zero-order valence-corrected chi connectivity index (χ0v) is 21.1. The van der Waals surface area contributed by atoms with Gasteiger partial charge in [-0.15, -0.1) is 24.5 Å². The fourth-order valence-electron chi connectivity index (χ4n) is 3.46. The Morgan fingerprint density at radius 1 is 0.974 bits per heavy atom. The topological polar surface area (TPSA) is 64.6 Å². The van der Waals surface area contributed by atoms with Crippen molar-refractivity contribution < 1.29 is 40.4 Å². The molecule has 4 rings (SSSR count). The summed E-state index contributed by atoms with van der Waals surface area (Å²) < 4.78 is 91.7. The molecule has 0 amide bonds. The van der Waals surface area contributed by atoms with Gasteiger partial charge in [-0.3, -0.25) is 4.79 Å². The van der Waals surface area contributed by atoms with Crippen molar-refractivity contribution in [3.05, 3.63) is 94.9 Å². The highest BCUT2D eigenvalue weighted by molar-refractivity contribution is 7.86. The number of anilines is 1. The highest BCUT2D eigenvalue weighted by Gasteiger charge is 2.32. The van der Waals surface area contributed by atoms with E-state index >= 15 is 0 Å².